The van der Waals surface area contributed by atoms with Crippen LogP contribution in [-0.4, -0.2) is 31.7 Å². The van der Waals surface area contributed by atoms with Crippen LogP contribution in [-0.2, 0) is 14.3 Å². The first-order valence-electron chi connectivity index (χ1n) is 3.59. The van der Waals surface area contributed by atoms with Gasteiger partial charge >= 0.3 is 12.1 Å². The standard InChI is InChI=1S/C7H7ClF4O3/c1-4(8)5(13)14-2-3-15-6(9)7(10,11)12/h6H,1-3H2. The normalized spacial score (nSPS) is 13.4. The highest BCUT2D eigenvalue weighted by Crippen LogP contribution is 2.23. The van der Waals surface area contributed by atoms with Gasteiger partial charge in [-0.15, -0.1) is 0 Å². The topological polar surface area (TPSA) is 35.5 Å². The first kappa shape index (κ1) is 14.2. The van der Waals surface area contributed by atoms with E-state index in [1.807, 2.05) is 0 Å². The van der Waals surface area contributed by atoms with Crippen molar-refractivity contribution in [3.63, 3.8) is 0 Å². The summed E-state index contributed by atoms with van der Waals surface area (Å²) in [4.78, 5) is 10.6. The molecule has 0 fully saturated rings. The van der Waals surface area contributed by atoms with E-state index in [9.17, 15) is 22.4 Å². The zero-order valence-corrected chi connectivity index (χ0v) is 8.07. The highest BCUT2D eigenvalue weighted by molar-refractivity contribution is 6.40. The van der Waals surface area contributed by atoms with Gasteiger partial charge in [-0.2, -0.15) is 13.2 Å². The van der Waals surface area contributed by atoms with E-state index in [-0.39, 0.29) is 0 Å². The van der Waals surface area contributed by atoms with Gasteiger partial charge in [-0.3, -0.25) is 0 Å². The summed E-state index contributed by atoms with van der Waals surface area (Å²) < 4.78 is 54.6. The van der Waals surface area contributed by atoms with Gasteiger partial charge in [0, 0.05) is 0 Å². The number of hydrogen-bond donors (Lipinski definition) is 0. The average molecular weight is 251 g/mol. The minimum atomic E-state index is -5.08. The van der Waals surface area contributed by atoms with Crippen LogP contribution in [0.5, 0.6) is 0 Å². The lowest BCUT2D eigenvalue weighted by molar-refractivity contribution is -0.266. The molecule has 1 unspecified atom stereocenters. The number of carbonyl (C=O) groups is 1. The van der Waals surface area contributed by atoms with Crippen molar-refractivity contribution >= 4 is 17.6 Å². The Bertz CT molecular complexity index is 241. The third kappa shape index (κ3) is 6.29. The van der Waals surface area contributed by atoms with Gasteiger partial charge in [0.2, 0.25) is 0 Å². The van der Waals surface area contributed by atoms with Gasteiger partial charge in [-0.1, -0.05) is 18.2 Å². The summed E-state index contributed by atoms with van der Waals surface area (Å²) in [5, 5.41) is -0.428. The Morgan fingerprint density at radius 3 is 2.33 bits per heavy atom. The van der Waals surface area contributed by atoms with E-state index in [4.69, 9.17) is 11.6 Å². The molecule has 3 nitrogen and oxygen atoms in total. The molecule has 0 rings (SSSR count). The van der Waals surface area contributed by atoms with Crippen molar-refractivity contribution in [2.75, 3.05) is 13.2 Å². The van der Waals surface area contributed by atoms with Crippen LogP contribution in [0.15, 0.2) is 11.6 Å². The molecule has 0 aliphatic rings. The van der Waals surface area contributed by atoms with Gasteiger partial charge in [0.15, 0.2) is 0 Å². The molecule has 0 saturated carbocycles. The first-order valence-corrected chi connectivity index (χ1v) is 3.97. The van der Waals surface area contributed by atoms with E-state index >= 15 is 0 Å². The third-order valence-electron chi connectivity index (χ3n) is 1.06. The maximum Gasteiger partial charge on any atom is 0.445 e. The molecule has 8 heteroatoms. The van der Waals surface area contributed by atoms with Gasteiger partial charge in [-0.25, -0.2) is 9.18 Å². The fourth-order valence-electron chi connectivity index (χ4n) is 0.459. The molecular weight excluding hydrogens is 244 g/mol. The molecular formula is C7H7ClF4O3. The second kappa shape index (κ2) is 5.92. The van der Waals surface area contributed by atoms with Gasteiger partial charge in [0.25, 0.3) is 6.36 Å². The van der Waals surface area contributed by atoms with Crippen molar-refractivity contribution < 1.29 is 31.8 Å². The number of halogens is 5. The van der Waals surface area contributed by atoms with E-state index < -0.39 is 36.7 Å². The van der Waals surface area contributed by atoms with Crippen molar-refractivity contribution in [3.05, 3.63) is 11.6 Å². The Morgan fingerprint density at radius 2 is 1.93 bits per heavy atom. The van der Waals surface area contributed by atoms with Crippen LogP contribution >= 0.6 is 11.6 Å². The number of rotatable bonds is 5. The van der Waals surface area contributed by atoms with Crippen LogP contribution in [0.25, 0.3) is 0 Å². The molecule has 0 aromatic heterocycles. The predicted octanol–water partition coefficient (Wildman–Crippen LogP) is 2.16. The summed E-state index contributed by atoms with van der Waals surface area (Å²) >= 11 is 5.08. The molecule has 0 radical (unpaired) electrons. The van der Waals surface area contributed by atoms with Crippen LogP contribution in [0.2, 0.25) is 0 Å². The lowest BCUT2D eigenvalue weighted by Gasteiger charge is -2.12. The Morgan fingerprint density at radius 1 is 1.40 bits per heavy atom. The molecule has 88 valence electrons. The van der Waals surface area contributed by atoms with Crippen LogP contribution in [0, 0.1) is 0 Å². The van der Waals surface area contributed by atoms with Gasteiger partial charge in [0.05, 0.1) is 6.61 Å². The van der Waals surface area contributed by atoms with Gasteiger partial charge in [-0.05, 0) is 0 Å². The van der Waals surface area contributed by atoms with E-state index in [1.54, 1.807) is 0 Å². The second-order valence-corrected chi connectivity index (χ2v) is 2.73. The number of ether oxygens (including phenoxy) is 2. The highest BCUT2D eigenvalue weighted by Gasteiger charge is 2.41. The number of carbonyl (C=O) groups excluding carboxylic acids is 1. The fraction of sp³-hybridized carbons (Fsp3) is 0.571. The fourth-order valence-corrected chi connectivity index (χ4v) is 0.513. The van der Waals surface area contributed by atoms with Crippen molar-refractivity contribution in [2.24, 2.45) is 0 Å². The molecule has 0 heterocycles. The van der Waals surface area contributed by atoms with Crippen molar-refractivity contribution in [2.45, 2.75) is 12.5 Å². The van der Waals surface area contributed by atoms with E-state index in [1.165, 1.54) is 0 Å². The summed E-state index contributed by atoms with van der Waals surface area (Å²) in [7, 11) is 0. The summed E-state index contributed by atoms with van der Waals surface area (Å²) in [6.07, 6.45) is -8.48. The third-order valence-corrected chi connectivity index (χ3v) is 1.21. The maximum atomic E-state index is 12.1. The van der Waals surface area contributed by atoms with E-state index in [0.717, 1.165) is 0 Å². The lowest BCUT2D eigenvalue weighted by atomic mass is 10.6. The van der Waals surface area contributed by atoms with E-state index in [2.05, 4.69) is 16.1 Å². The molecule has 15 heavy (non-hydrogen) atoms. The SMILES string of the molecule is C=C(Cl)C(=O)OCCOC(F)C(F)(F)F. The van der Waals surface area contributed by atoms with Crippen LogP contribution in [0.4, 0.5) is 17.6 Å². The Balaban J connectivity index is 3.64. The molecule has 0 aliphatic heterocycles. The van der Waals surface area contributed by atoms with Crippen molar-refractivity contribution in [1.29, 1.82) is 0 Å². The highest BCUT2D eigenvalue weighted by atomic mass is 35.5. The summed E-state index contributed by atoms with van der Waals surface area (Å²) in [5.74, 6) is -0.998. The second-order valence-electron chi connectivity index (χ2n) is 2.27. The Labute approximate surface area is 87.6 Å². The molecule has 1 atom stereocenters. The number of alkyl halides is 4. The monoisotopic (exact) mass is 250 g/mol. The number of hydrogen-bond acceptors (Lipinski definition) is 3. The van der Waals surface area contributed by atoms with Gasteiger partial charge in [0.1, 0.15) is 11.6 Å². The zero-order valence-electron chi connectivity index (χ0n) is 7.31. The maximum absolute atomic E-state index is 12.1. The minimum Gasteiger partial charge on any atom is -0.459 e. The Kier molecular flexibility index (Phi) is 5.59. The quantitative estimate of drug-likeness (QED) is 0.325. The molecule has 0 aromatic rings. The molecule has 0 amide bonds. The molecule has 0 spiro atoms. The molecule has 0 aliphatic carbocycles. The van der Waals surface area contributed by atoms with Crippen LogP contribution in [0.1, 0.15) is 0 Å². The first-order chi connectivity index (χ1) is 6.75. The van der Waals surface area contributed by atoms with Crippen LogP contribution in [0.3, 0.4) is 0 Å². The average Bonchev–Trinajstić information content (AvgIpc) is 2.09. The van der Waals surface area contributed by atoms with Crippen molar-refractivity contribution in [1.82, 2.24) is 0 Å². The smallest absolute Gasteiger partial charge is 0.445 e. The summed E-state index contributed by atoms with van der Waals surface area (Å²) in [5.41, 5.74) is 0. The summed E-state index contributed by atoms with van der Waals surface area (Å²) in [6.45, 7) is 1.74. The predicted molar refractivity (Wildman–Crippen MR) is 42.9 cm³/mol. The lowest BCUT2D eigenvalue weighted by Crippen LogP contribution is -2.28. The number of esters is 1. The zero-order chi connectivity index (χ0) is 12.1. The molecule has 0 N–H and O–H groups in total. The Hall–Kier alpha value is -0.820. The van der Waals surface area contributed by atoms with E-state index in [0.29, 0.717) is 0 Å². The molecule has 0 saturated heterocycles. The van der Waals surface area contributed by atoms with Crippen molar-refractivity contribution in [3.8, 4) is 0 Å². The summed E-state index contributed by atoms with van der Waals surface area (Å²) in [6, 6.07) is 0. The van der Waals surface area contributed by atoms with Crippen LogP contribution < -0.4 is 0 Å². The minimum absolute atomic E-state index is 0.428. The molecule has 0 bridgehead atoms. The molecule has 0 aromatic carbocycles. The largest absolute Gasteiger partial charge is 0.459 e. The van der Waals surface area contributed by atoms with Gasteiger partial charge < -0.3 is 9.47 Å².